The molecule has 1 heterocycles. The van der Waals surface area contributed by atoms with E-state index in [0.717, 1.165) is 44.1 Å². The fourth-order valence-corrected chi connectivity index (χ4v) is 2.46. The maximum absolute atomic E-state index is 12.2. The van der Waals surface area contributed by atoms with E-state index in [4.69, 9.17) is 0 Å². The number of likely N-dealkylation sites (N-methyl/N-ethyl adjacent to an activating group) is 1. The Morgan fingerprint density at radius 3 is 2.74 bits per heavy atom. The van der Waals surface area contributed by atoms with Crippen molar-refractivity contribution >= 4 is 17.3 Å². The summed E-state index contributed by atoms with van der Waals surface area (Å²) in [5.74, 6) is 0.213. The number of carbonyl (C=O) groups excluding carboxylic acids is 1. The van der Waals surface area contributed by atoms with E-state index >= 15 is 0 Å². The van der Waals surface area contributed by atoms with Gasteiger partial charge >= 0.3 is 0 Å². The maximum Gasteiger partial charge on any atom is 0.228 e. The van der Waals surface area contributed by atoms with E-state index in [9.17, 15) is 4.79 Å². The van der Waals surface area contributed by atoms with Gasteiger partial charge in [0, 0.05) is 26.1 Å². The van der Waals surface area contributed by atoms with E-state index in [-0.39, 0.29) is 5.91 Å². The predicted molar refractivity (Wildman–Crippen MR) is 79.7 cm³/mol. The molecule has 1 aliphatic rings. The summed E-state index contributed by atoms with van der Waals surface area (Å²) in [6.07, 6.45) is 0.562. The Kier molecular flexibility index (Phi) is 4.80. The smallest absolute Gasteiger partial charge is 0.228 e. The lowest BCUT2D eigenvalue weighted by Crippen LogP contribution is -2.38. The topological polar surface area (TPSA) is 35.6 Å². The van der Waals surface area contributed by atoms with Crippen molar-refractivity contribution in [2.75, 3.05) is 42.9 Å². The molecule has 4 heteroatoms. The number of benzene rings is 1. The van der Waals surface area contributed by atoms with Crippen LogP contribution in [0, 0.1) is 0 Å². The van der Waals surface area contributed by atoms with Crippen molar-refractivity contribution in [1.29, 1.82) is 0 Å². The molecular weight excluding hydrogens is 238 g/mol. The third kappa shape index (κ3) is 3.26. The number of amides is 1. The van der Waals surface area contributed by atoms with Gasteiger partial charge in [-0.15, -0.1) is 0 Å². The summed E-state index contributed by atoms with van der Waals surface area (Å²) >= 11 is 0. The lowest BCUT2D eigenvalue weighted by Gasteiger charge is -2.26. The summed E-state index contributed by atoms with van der Waals surface area (Å²) in [7, 11) is 0. The largest absolute Gasteiger partial charge is 0.383 e. The molecule has 1 aromatic rings. The van der Waals surface area contributed by atoms with Crippen LogP contribution < -0.4 is 10.2 Å². The first kappa shape index (κ1) is 13.9. The zero-order valence-electron chi connectivity index (χ0n) is 11.9. The second kappa shape index (κ2) is 6.57. The number of nitrogens with one attached hydrogen (secondary N) is 1. The first-order valence-corrected chi connectivity index (χ1v) is 7.11. The highest BCUT2D eigenvalue weighted by atomic mass is 16.2. The van der Waals surface area contributed by atoms with Crippen molar-refractivity contribution in [2.24, 2.45) is 0 Å². The molecule has 1 aromatic carbocycles. The maximum atomic E-state index is 12.2. The van der Waals surface area contributed by atoms with Crippen molar-refractivity contribution < 1.29 is 4.79 Å². The van der Waals surface area contributed by atoms with Crippen molar-refractivity contribution in [2.45, 2.75) is 20.3 Å². The predicted octanol–water partition coefficient (Wildman–Crippen LogP) is 2.18. The summed E-state index contributed by atoms with van der Waals surface area (Å²) < 4.78 is 0. The first-order valence-electron chi connectivity index (χ1n) is 7.11. The Hall–Kier alpha value is -1.55. The summed E-state index contributed by atoms with van der Waals surface area (Å²) in [5.41, 5.74) is 2.07. The van der Waals surface area contributed by atoms with Crippen LogP contribution in [-0.2, 0) is 4.79 Å². The normalized spacial score (nSPS) is 15.1. The molecule has 2 rings (SSSR count). The molecule has 0 bridgehead atoms. The highest BCUT2D eigenvalue weighted by molar-refractivity contribution is 5.98. The fourth-order valence-electron chi connectivity index (χ4n) is 2.46. The second-order valence-electron chi connectivity index (χ2n) is 4.77. The molecule has 0 aromatic heterocycles. The highest BCUT2D eigenvalue weighted by Crippen LogP contribution is 2.28. The Balaban J connectivity index is 2.14. The molecule has 0 unspecified atom stereocenters. The van der Waals surface area contributed by atoms with Gasteiger partial charge < -0.3 is 15.1 Å². The van der Waals surface area contributed by atoms with E-state index in [1.54, 1.807) is 0 Å². The van der Waals surface area contributed by atoms with Crippen LogP contribution in [0.1, 0.15) is 20.3 Å². The van der Waals surface area contributed by atoms with Gasteiger partial charge in [0.2, 0.25) is 5.91 Å². The summed E-state index contributed by atoms with van der Waals surface area (Å²) in [6.45, 7) is 8.77. The van der Waals surface area contributed by atoms with Gasteiger partial charge in [0.25, 0.3) is 0 Å². The quantitative estimate of drug-likeness (QED) is 0.882. The van der Waals surface area contributed by atoms with Gasteiger partial charge in [-0.2, -0.15) is 0 Å². The van der Waals surface area contributed by atoms with Crippen LogP contribution in [0.15, 0.2) is 24.3 Å². The van der Waals surface area contributed by atoms with Crippen molar-refractivity contribution in [3.05, 3.63) is 24.3 Å². The minimum atomic E-state index is 0.213. The molecule has 0 radical (unpaired) electrons. The van der Waals surface area contributed by atoms with Gasteiger partial charge in [-0.1, -0.05) is 26.0 Å². The summed E-state index contributed by atoms with van der Waals surface area (Å²) in [5, 5.41) is 3.33. The van der Waals surface area contributed by atoms with E-state index in [1.165, 1.54) is 0 Å². The molecule has 0 atom stereocenters. The Morgan fingerprint density at radius 1 is 1.26 bits per heavy atom. The molecule has 1 aliphatic heterocycles. The number of hydrogen-bond acceptors (Lipinski definition) is 3. The minimum absolute atomic E-state index is 0.213. The molecule has 0 fully saturated rings. The average molecular weight is 261 g/mol. The molecule has 104 valence electrons. The molecule has 1 amide bonds. The van der Waals surface area contributed by atoms with Gasteiger partial charge in [-0.05, 0) is 25.2 Å². The van der Waals surface area contributed by atoms with Gasteiger partial charge in [-0.3, -0.25) is 4.79 Å². The Bertz CT molecular complexity index is 429. The summed E-state index contributed by atoms with van der Waals surface area (Å²) in [6, 6.07) is 8.06. The number of nitrogens with zero attached hydrogens (tertiary/aromatic N) is 2. The lowest BCUT2D eigenvalue weighted by atomic mass is 10.2. The first-order chi connectivity index (χ1) is 9.26. The molecule has 1 N–H and O–H groups in total. The fraction of sp³-hybridized carbons (Fsp3) is 0.533. The van der Waals surface area contributed by atoms with Crippen molar-refractivity contribution in [3.63, 3.8) is 0 Å². The minimum Gasteiger partial charge on any atom is -0.383 e. The van der Waals surface area contributed by atoms with Gasteiger partial charge in [-0.25, -0.2) is 0 Å². The number of hydrogen-bond donors (Lipinski definition) is 1. The number of anilines is 2. The number of fused-ring (bicyclic) bond motifs is 1. The van der Waals surface area contributed by atoms with Crippen LogP contribution >= 0.6 is 0 Å². The standard InChI is InChI=1S/C15H23N3O/c1-3-17(4-2)11-12-18-14-8-6-5-7-13(14)16-10-9-15(18)19/h5-8,16H,3-4,9-12H2,1-2H3. The molecular formula is C15H23N3O. The van der Waals surface area contributed by atoms with Gasteiger partial charge in [0.15, 0.2) is 0 Å². The van der Waals surface area contributed by atoms with Crippen LogP contribution in [0.25, 0.3) is 0 Å². The van der Waals surface area contributed by atoms with Crippen LogP contribution in [0.2, 0.25) is 0 Å². The molecule has 0 aliphatic carbocycles. The van der Waals surface area contributed by atoms with Crippen LogP contribution in [0.5, 0.6) is 0 Å². The average Bonchev–Trinajstić information content (AvgIpc) is 2.59. The number of para-hydroxylation sites is 2. The van der Waals surface area contributed by atoms with E-state index in [1.807, 2.05) is 29.2 Å². The van der Waals surface area contributed by atoms with Crippen molar-refractivity contribution in [1.82, 2.24) is 4.90 Å². The molecule has 0 spiro atoms. The van der Waals surface area contributed by atoms with Gasteiger partial charge in [0.05, 0.1) is 11.4 Å². The zero-order valence-corrected chi connectivity index (χ0v) is 11.9. The zero-order chi connectivity index (χ0) is 13.7. The monoisotopic (exact) mass is 261 g/mol. The van der Waals surface area contributed by atoms with Gasteiger partial charge in [0.1, 0.15) is 0 Å². The third-order valence-corrected chi connectivity index (χ3v) is 3.68. The van der Waals surface area contributed by atoms with Crippen LogP contribution in [-0.4, -0.2) is 43.5 Å². The number of carbonyl (C=O) groups is 1. The molecule has 0 saturated carbocycles. The number of rotatable bonds is 5. The third-order valence-electron chi connectivity index (χ3n) is 3.68. The lowest BCUT2D eigenvalue weighted by molar-refractivity contribution is -0.118. The Morgan fingerprint density at radius 2 is 2.00 bits per heavy atom. The van der Waals surface area contributed by atoms with Crippen LogP contribution in [0.4, 0.5) is 11.4 Å². The molecule has 0 saturated heterocycles. The molecule has 19 heavy (non-hydrogen) atoms. The van der Waals surface area contributed by atoms with Crippen LogP contribution in [0.3, 0.4) is 0 Å². The second-order valence-corrected chi connectivity index (χ2v) is 4.77. The van der Waals surface area contributed by atoms with E-state index < -0.39 is 0 Å². The highest BCUT2D eigenvalue weighted by Gasteiger charge is 2.21. The summed E-state index contributed by atoms with van der Waals surface area (Å²) in [4.78, 5) is 16.5. The SMILES string of the molecule is CCN(CC)CCN1C(=O)CCNc2ccccc21. The van der Waals surface area contributed by atoms with Crippen molar-refractivity contribution in [3.8, 4) is 0 Å². The molecule has 4 nitrogen and oxygen atoms in total. The Labute approximate surface area is 115 Å². The van der Waals surface area contributed by atoms with E-state index in [0.29, 0.717) is 6.42 Å². The van der Waals surface area contributed by atoms with E-state index in [2.05, 4.69) is 24.1 Å².